The number of aromatic nitrogens is 2. The highest BCUT2D eigenvalue weighted by atomic mass is 16.4. The molecule has 0 spiro atoms. The Morgan fingerprint density at radius 1 is 1.38 bits per heavy atom. The van der Waals surface area contributed by atoms with Gasteiger partial charge in [0.05, 0.1) is 23.8 Å². The average Bonchev–Trinajstić information content (AvgIpc) is 3.19. The van der Waals surface area contributed by atoms with Crippen LogP contribution >= 0.6 is 0 Å². The number of hydrogen-bond acceptors (Lipinski definition) is 3. The molecular formula is C18H21N3O3. The van der Waals surface area contributed by atoms with Crippen LogP contribution in [0.2, 0.25) is 0 Å². The standard InChI is InChI=1S/C18H21N3O3/c1-3-12(2)21-16(22)9-15(18(23)24)17(21)13-10-19-20(11-13)14-7-5-4-6-8-14/h4-8,10-12,15,17H,3,9H2,1-2H3,(H,23,24)/t12-,15-,17+/m0/s1. The first-order valence-electron chi connectivity index (χ1n) is 8.17. The number of likely N-dealkylation sites (tertiary alicyclic amines) is 1. The summed E-state index contributed by atoms with van der Waals surface area (Å²) >= 11 is 0. The number of aliphatic carboxylic acids is 1. The van der Waals surface area contributed by atoms with Gasteiger partial charge in [0.15, 0.2) is 0 Å². The summed E-state index contributed by atoms with van der Waals surface area (Å²) in [6.07, 6.45) is 4.31. The molecule has 2 aromatic rings. The number of amides is 1. The number of hydrogen-bond donors (Lipinski definition) is 1. The summed E-state index contributed by atoms with van der Waals surface area (Å²) in [5, 5.41) is 13.9. The summed E-state index contributed by atoms with van der Waals surface area (Å²) in [7, 11) is 0. The fourth-order valence-electron chi connectivity index (χ4n) is 3.30. The number of carboxylic acid groups (broad SMARTS) is 1. The number of carbonyl (C=O) groups is 2. The minimum atomic E-state index is -0.938. The van der Waals surface area contributed by atoms with Gasteiger partial charge >= 0.3 is 5.97 Å². The predicted octanol–water partition coefficient (Wildman–Crippen LogP) is 2.65. The molecule has 0 unspecified atom stereocenters. The summed E-state index contributed by atoms with van der Waals surface area (Å²) in [5.41, 5.74) is 1.66. The summed E-state index contributed by atoms with van der Waals surface area (Å²) in [5.74, 6) is -1.78. The fourth-order valence-corrected chi connectivity index (χ4v) is 3.30. The zero-order valence-corrected chi connectivity index (χ0v) is 13.8. The molecule has 2 heterocycles. The number of carboxylic acids is 1. The Bertz CT molecular complexity index is 741. The second-order valence-electron chi connectivity index (χ2n) is 6.21. The first-order valence-corrected chi connectivity index (χ1v) is 8.17. The quantitative estimate of drug-likeness (QED) is 0.916. The Balaban J connectivity index is 1.99. The third kappa shape index (κ3) is 2.79. The van der Waals surface area contributed by atoms with Gasteiger partial charge < -0.3 is 10.0 Å². The Kier molecular flexibility index (Phi) is 4.38. The van der Waals surface area contributed by atoms with Crippen LogP contribution in [0.5, 0.6) is 0 Å². The van der Waals surface area contributed by atoms with E-state index in [1.807, 2.05) is 50.4 Å². The van der Waals surface area contributed by atoms with E-state index in [0.29, 0.717) is 0 Å². The average molecular weight is 327 g/mol. The highest BCUT2D eigenvalue weighted by Crippen LogP contribution is 2.40. The van der Waals surface area contributed by atoms with Crippen LogP contribution in [0.15, 0.2) is 42.7 Å². The van der Waals surface area contributed by atoms with Crippen molar-refractivity contribution in [1.82, 2.24) is 14.7 Å². The third-order valence-electron chi connectivity index (χ3n) is 4.71. The maximum atomic E-state index is 12.4. The molecule has 3 rings (SSSR count). The number of carbonyl (C=O) groups excluding carboxylic acids is 1. The third-order valence-corrected chi connectivity index (χ3v) is 4.71. The van der Waals surface area contributed by atoms with Crippen LogP contribution in [0, 0.1) is 5.92 Å². The zero-order valence-electron chi connectivity index (χ0n) is 13.8. The van der Waals surface area contributed by atoms with Crippen molar-refractivity contribution in [2.45, 2.75) is 38.8 Å². The van der Waals surface area contributed by atoms with E-state index in [4.69, 9.17) is 0 Å². The molecule has 24 heavy (non-hydrogen) atoms. The van der Waals surface area contributed by atoms with Gasteiger partial charge in [-0.15, -0.1) is 0 Å². The molecule has 1 aliphatic rings. The van der Waals surface area contributed by atoms with Gasteiger partial charge in [-0.2, -0.15) is 5.10 Å². The van der Waals surface area contributed by atoms with E-state index >= 15 is 0 Å². The lowest BCUT2D eigenvalue weighted by Crippen LogP contribution is -2.37. The van der Waals surface area contributed by atoms with Crippen LogP contribution < -0.4 is 0 Å². The van der Waals surface area contributed by atoms with Crippen molar-refractivity contribution in [3.05, 3.63) is 48.3 Å². The van der Waals surface area contributed by atoms with Crippen LogP contribution in [-0.2, 0) is 9.59 Å². The molecule has 0 saturated carbocycles. The second-order valence-corrected chi connectivity index (χ2v) is 6.21. The predicted molar refractivity (Wildman–Crippen MR) is 88.6 cm³/mol. The van der Waals surface area contributed by atoms with Crippen LogP contribution in [-0.4, -0.2) is 37.7 Å². The van der Waals surface area contributed by atoms with E-state index in [9.17, 15) is 14.7 Å². The molecule has 1 aromatic carbocycles. The van der Waals surface area contributed by atoms with Gasteiger partial charge in [-0.25, -0.2) is 4.68 Å². The number of para-hydroxylation sites is 1. The molecule has 1 aromatic heterocycles. The smallest absolute Gasteiger partial charge is 0.309 e. The fraction of sp³-hybridized carbons (Fsp3) is 0.389. The maximum Gasteiger partial charge on any atom is 0.309 e. The molecule has 1 amide bonds. The van der Waals surface area contributed by atoms with Gasteiger partial charge in [-0.05, 0) is 25.5 Å². The van der Waals surface area contributed by atoms with Gasteiger partial charge in [0, 0.05) is 24.2 Å². The van der Waals surface area contributed by atoms with Gasteiger partial charge in [0.2, 0.25) is 5.91 Å². The van der Waals surface area contributed by atoms with E-state index < -0.39 is 17.9 Å². The Hall–Kier alpha value is -2.63. The van der Waals surface area contributed by atoms with Crippen LogP contribution in [0.4, 0.5) is 0 Å². The molecule has 126 valence electrons. The van der Waals surface area contributed by atoms with Crippen LogP contribution in [0.25, 0.3) is 5.69 Å². The molecule has 1 N–H and O–H groups in total. The monoisotopic (exact) mass is 327 g/mol. The lowest BCUT2D eigenvalue weighted by atomic mass is 9.95. The minimum Gasteiger partial charge on any atom is -0.481 e. The van der Waals surface area contributed by atoms with E-state index in [2.05, 4.69) is 5.10 Å². The van der Waals surface area contributed by atoms with E-state index in [1.165, 1.54) is 0 Å². The van der Waals surface area contributed by atoms with Gasteiger partial charge in [-0.3, -0.25) is 9.59 Å². The van der Waals surface area contributed by atoms with Crippen molar-refractivity contribution in [1.29, 1.82) is 0 Å². The summed E-state index contributed by atoms with van der Waals surface area (Å²) in [6.45, 7) is 3.95. The molecule has 6 heteroatoms. The molecule has 0 radical (unpaired) electrons. The summed E-state index contributed by atoms with van der Waals surface area (Å²) < 4.78 is 1.71. The van der Waals surface area contributed by atoms with Crippen molar-refractivity contribution in [3.63, 3.8) is 0 Å². The largest absolute Gasteiger partial charge is 0.481 e. The topological polar surface area (TPSA) is 75.4 Å². The molecule has 6 nitrogen and oxygen atoms in total. The van der Waals surface area contributed by atoms with Crippen molar-refractivity contribution >= 4 is 11.9 Å². The molecule has 1 aliphatic heterocycles. The number of benzene rings is 1. The highest BCUT2D eigenvalue weighted by Gasteiger charge is 2.46. The second kappa shape index (κ2) is 6.47. The van der Waals surface area contributed by atoms with Crippen molar-refractivity contribution in [3.8, 4) is 5.69 Å². The molecular weight excluding hydrogens is 306 g/mol. The molecule has 0 bridgehead atoms. The lowest BCUT2D eigenvalue weighted by molar-refractivity contribution is -0.142. The molecule has 1 fully saturated rings. The summed E-state index contributed by atoms with van der Waals surface area (Å²) in [4.78, 5) is 25.8. The van der Waals surface area contributed by atoms with E-state index in [1.54, 1.807) is 15.8 Å². The molecule has 0 aliphatic carbocycles. The van der Waals surface area contributed by atoms with Crippen molar-refractivity contribution < 1.29 is 14.7 Å². The zero-order chi connectivity index (χ0) is 17.3. The number of nitrogens with zero attached hydrogens (tertiary/aromatic N) is 3. The Labute approximate surface area is 140 Å². The van der Waals surface area contributed by atoms with Gasteiger partial charge in [-0.1, -0.05) is 25.1 Å². The lowest BCUT2D eigenvalue weighted by Gasteiger charge is -2.31. The van der Waals surface area contributed by atoms with E-state index in [-0.39, 0.29) is 18.4 Å². The number of rotatable bonds is 5. The van der Waals surface area contributed by atoms with E-state index in [0.717, 1.165) is 17.7 Å². The first kappa shape index (κ1) is 16.2. The minimum absolute atomic E-state index is 0.00748. The van der Waals surface area contributed by atoms with Crippen LogP contribution in [0.1, 0.15) is 38.3 Å². The molecule has 1 saturated heterocycles. The van der Waals surface area contributed by atoms with Gasteiger partial charge in [0.1, 0.15) is 0 Å². The molecule has 3 atom stereocenters. The SMILES string of the molecule is CC[C@H](C)N1C(=O)C[C@H](C(=O)O)[C@H]1c1cnn(-c2ccccc2)c1. The van der Waals surface area contributed by atoms with Crippen molar-refractivity contribution in [2.24, 2.45) is 5.92 Å². The normalized spacial score (nSPS) is 21.9. The Morgan fingerprint density at radius 2 is 2.08 bits per heavy atom. The van der Waals surface area contributed by atoms with Crippen LogP contribution in [0.3, 0.4) is 0 Å². The maximum absolute atomic E-state index is 12.4. The van der Waals surface area contributed by atoms with Crippen molar-refractivity contribution in [2.75, 3.05) is 0 Å². The Morgan fingerprint density at radius 3 is 2.71 bits per heavy atom. The summed E-state index contributed by atoms with van der Waals surface area (Å²) in [6, 6.07) is 9.14. The van der Waals surface area contributed by atoms with Gasteiger partial charge in [0.25, 0.3) is 0 Å². The first-order chi connectivity index (χ1) is 11.5. The highest BCUT2D eigenvalue weighted by molar-refractivity contribution is 5.87.